The molecule has 1 aliphatic heterocycles. The molecular formula is C19H19F2N3O3. The van der Waals surface area contributed by atoms with E-state index in [0.29, 0.717) is 26.2 Å². The molecule has 2 N–H and O–H groups in total. The Morgan fingerprint density at radius 2 is 1.67 bits per heavy atom. The van der Waals surface area contributed by atoms with Crippen molar-refractivity contribution in [2.24, 2.45) is 0 Å². The van der Waals surface area contributed by atoms with Gasteiger partial charge in [0, 0.05) is 38.8 Å². The number of anilines is 1. The maximum Gasteiger partial charge on any atom is 0.335 e. The van der Waals surface area contributed by atoms with Gasteiger partial charge in [-0.1, -0.05) is 12.1 Å². The maximum absolute atomic E-state index is 13.9. The Morgan fingerprint density at radius 3 is 2.30 bits per heavy atom. The Labute approximate surface area is 155 Å². The van der Waals surface area contributed by atoms with E-state index in [1.165, 1.54) is 12.1 Å². The lowest BCUT2D eigenvalue weighted by molar-refractivity contribution is 0.0697. The summed E-state index contributed by atoms with van der Waals surface area (Å²) in [6.45, 7) is 1.86. The molecule has 0 spiro atoms. The van der Waals surface area contributed by atoms with Crippen molar-refractivity contribution in [1.82, 2.24) is 10.2 Å². The maximum atomic E-state index is 13.9. The summed E-state index contributed by atoms with van der Waals surface area (Å²) in [6.07, 6.45) is 0. The van der Waals surface area contributed by atoms with Crippen LogP contribution in [0.1, 0.15) is 15.9 Å². The number of hydrogen-bond donors (Lipinski definition) is 2. The number of piperazine rings is 1. The highest BCUT2D eigenvalue weighted by Crippen LogP contribution is 2.21. The van der Waals surface area contributed by atoms with E-state index in [0.717, 1.165) is 23.8 Å². The monoisotopic (exact) mass is 375 g/mol. The molecule has 0 unspecified atom stereocenters. The fourth-order valence-electron chi connectivity index (χ4n) is 2.93. The highest BCUT2D eigenvalue weighted by Gasteiger charge is 2.23. The van der Waals surface area contributed by atoms with Crippen molar-refractivity contribution in [2.75, 3.05) is 31.1 Å². The van der Waals surface area contributed by atoms with E-state index in [9.17, 15) is 18.4 Å². The van der Waals surface area contributed by atoms with Gasteiger partial charge in [-0.3, -0.25) is 0 Å². The molecule has 0 radical (unpaired) electrons. The molecule has 1 aliphatic rings. The number of nitrogens with zero attached hydrogens (tertiary/aromatic N) is 2. The number of rotatable bonds is 4. The summed E-state index contributed by atoms with van der Waals surface area (Å²) < 4.78 is 27.2. The summed E-state index contributed by atoms with van der Waals surface area (Å²) in [5.41, 5.74) is 1.17. The summed E-state index contributed by atoms with van der Waals surface area (Å²) in [5.74, 6) is -1.99. The molecule has 6 nitrogen and oxygen atoms in total. The molecule has 0 saturated carbocycles. The predicted octanol–water partition coefficient (Wildman–Crippen LogP) is 2.69. The van der Waals surface area contributed by atoms with Crippen molar-refractivity contribution in [2.45, 2.75) is 6.54 Å². The molecule has 142 valence electrons. The zero-order valence-electron chi connectivity index (χ0n) is 14.5. The van der Waals surface area contributed by atoms with Gasteiger partial charge < -0.3 is 20.2 Å². The standard InChI is InChI=1S/C19H19F2N3O3/c20-15-5-6-16(21)17(11-15)23-7-9-24(10-8-23)19(27)22-12-13-1-3-14(4-2-13)18(25)26/h1-6,11H,7-10,12H2,(H,22,27)(H,25,26). The topological polar surface area (TPSA) is 72.9 Å². The third-order valence-corrected chi connectivity index (χ3v) is 4.46. The number of urea groups is 1. The van der Waals surface area contributed by atoms with Crippen LogP contribution in [0.3, 0.4) is 0 Å². The molecule has 0 aromatic heterocycles. The molecule has 1 saturated heterocycles. The fraction of sp³-hybridized carbons (Fsp3) is 0.263. The molecule has 1 fully saturated rings. The minimum absolute atomic E-state index is 0.186. The summed E-state index contributed by atoms with van der Waals surface area (Å²) in [4.78, 5) is 26.4. The van der Waals surface area contributed by atoms with Crippen molar-refractivity contribution in [3.63, 3.8) is 0 Å². The molecule has 2 aromatic carbocycles. The molecule has 0 atom stereocenters. The molecule has 2 amide bonds. The first-order valence-corrected chi connectivity index (χ1v) is 8.49. The van der Waals surface area contributed by atoms with Gasteiger partial charge in [0.1, 0.15) is 11.6 Å². The summed E-state index contributed by atoms with van der Waals surface area (Å²) in [7, 11) is 0. The van der Waals surface area contributed by atoms with E-state index in [1.807, 2.05) is 0 Å². The average Bonchev–Trinajstić information content (AvgIpc) is 2.68. The van der Waals surface area contributed by atoms with Crippen molar-refractivity contribution in [1.29, 1.82) is 0 Å². The Hall–Kier alpha value is -3.16. The number of amides is 2. The minimum atomic E-state index is -1.00. The number of halogens is 2. The number of aromatic carboxylic acids is 1. The second-order valence-corrected chi connectivity index (χ2v) is 6.23. The van der Waals surface area contributed by atoms with E-state index in [-0.39, 0.29) is 23.8 Å². The van der Waals surface area contributed by atoms with E-state index in [4.69, 9.17) is 5.11 Å². The molecular weight excluding hydrogens is 356 g/mol. The van der Waals surface area contributed by atoms with Crippen LogP contribution in [0.5, 0.6) is 0 Å². The highest BCUT2D eigenvalue weighted by atomic mass is 19.1. The van der Waals surface area contributed by atoms with Crippen LogP contribution in [-0.2, 0) is 6.54 Å². The van der Waals surface area contributed by atoms with Crippen LogP contribution in [0.2, 0.25) is 0 Å². The van der Waals surface area contributed by atoms with E-state index in [1.54, 1.807) is 21.9 Å². The SMILES string of the molecule is O=C(O)c1ccc(CNC(=O)N2CCN(c3cc(F)ccc3F)CC2)cc1. The number of carbonyl (C=O) groups is 2. The van der Waals surface area contributed by atoms with E-state index in [2.05, 4.69) is 5.32 Å². The lowest BCUT2D eigenvalue weighted by atomic mass is 10.1. The summed E-state index contributed by atoms with van der Waals surface area (Å²) >= 11 is 0. The van der Waals surface area contributed by atoms with Crippen molar-refractivity contribution >= 4 is 17.7 Å². The van der Waals surface area contributed by atoms with Crippen molar-refractivity contribution in [3.05, 3.63) is 65.2 Å². The number of carbonyl (C=O) groups excluding carboxylic acids is 1. The molecule has 0 bridgehead atoms. The zero-order valence-corrected chi connectivity index (χ0v) is 14.5. The fourth-order valence-corrected chi connectivity index (χ4v) is 2.93. The Bertz CT molecular complexity index is 835. The van der Waals surface area contributed by atoms with Crippen molar-refractivity contribution < 1.29 is 23.5 Å². The predicted molar refractivity (Wildman–Crippen MR) is 95.8 cm³/mol. The molecule has 0 aliphatic carbocycles. The second-order valence-electron chi connectivity index (χ2n) is 6.23. The van der Waals surface area contributed by atoms with Crippen LogP contribution in [0.25, 0.3) is 0 Å². The second kappa shape index (κ2) is 8.03. The summed E-state index contributed by atoms with van der Waals surface area (Å²) in [5, 5.41) is 11.7. The van der Waals surface area contributed by atoms with Crippen LogP contribution in [0, 0.1) is 11.6 Å². The van der Waals surface area contributed by atoms with Gasteiger partial charge in [0.25, 0.3) is 0 Å². The number of hydrogen-bond acceptors (Lipinski definition) is 3. The number of nitrogens with one attached hydrogen (secondary N) is 1. The normalized spacial score (nSPS) is 14.1. The number of benzene rings is 2. The Kier molecular flexibility index (Phi) is 5.54. The zero-order chi connectivity index (χ0) is 19.4. The largest absolute Gasteiger partial charge is 0.478 e. The van der Waals surface area contributed by atoms with Crippen LogP contribution >= 0.6 is 0 Å². The van der Waals surface area contributed by atoms with Gasteiger partial charge in [0.05, 0.1) is 11.3 Å². The van der Waals surface area contributed by atoms with Crippen LogP contribution in [0.15, 0.2) is 42.5 Å². The third-order valence-electron chi connectivity index (χ3n) is 4.46. The van der Waals surface area contributed by atoms with Crippen LogP contribution < -0.4 is 10.2 Å². The summed E-state index contributed by atoms with van der Waals surface area (Å²) in [6, 6.07) is 9.34. The van der Waals surface area contributed by atoms with Gasteiger partial charge >= 0.3 is 12.0 Å². The van der Waals surface area contributed by atoms with E-state index < -0.39 is 17.6 Å². The van der Waals surface area contributed by atoms with Crippen LogP contribution in [0.4, 0.5) is 19.3 Å². The first kappa shape index (κ1) is 18.6. The molecule has 1 heterocycles. The van der Waals surface area contributed by atoms with Crippen LogP contribution in [-0.4, -0.2) is 48.2 Å². The van der Waals surface area contributed by atoms with Gasteiger partial charge in [-0.15, -0.1) is 0 Å². The first-order chi connectivity index (χ1) is 12.9. The number of carboxylic acids is 1. The van der Waals surface area contributed by atoms with Gasteiger partial charge in [0.2, 0.25) is 0 Å². The van der Waals surface area contributed by atoms with Crippen molar-refractivity contribution in [3.8, 4) is 0 Å². The minimum Gasteiger partial charge on any atom is -0.478 e. The quantitative estimate of drug-likeness (QED) is 0.862. The third kappa shape index (κ3) is 4.52. The molecule has 8 heteroatoms. The van der Waals surface area contributed by atoms with Gasteiger partial charge in [-0.2, -0.15) is 0 Å². The molecule has 3 rings (SSSR count). The Balaban J connectivity index is 1.51. The molecule has 2 aromatic rings. The number of carboxylic acid groups (broad SMARTS) is 1. The average molecular weight is 375 g/mol. The first-order valence-electron chi connectivity index (χ1n) is 8.49. The van der Waals surface area contributed by atoms with Gasteiger partial charge in [-0.05, 0) is 29.8 Å². The van der Waals surface area contributed by atoms with Gasteiger partial charge in [-0.25, -0.2) is 18.4 Å². The van der Waals surface area contributed by atoms with Gasteiger partial charge in [0.15, 0.2) is 0 Å². The lowest BCUT2D eigenvalue weighted by Gasteiger charge is -2.36. The Morgan fingerprint density at radius 1 is 1.00 bits per heavy atom. The highest BCUT2D eigenvalue weighted by molar-refractivity contribution is 5.87. The van der Waals surface area contributed by atoms with E-state index >= 15 is 0 Å². The molecule has 27 heavy (non-hydrogen) atoms. The smallest absolute Gasteiger partial charge is 0.335 e. The lowest BCUT2D eigenvalue weighted by Crippen LogP contribution is -2.51.